The van der Waals surface area contributed by atoms with Crippen molar-refractivity contribution in [3.05, 3.63) is 48.3 Å². The topological polar surface area (TPSA) is 72.9 Å². The first-order valence-electron chi connectivity index (χ1n) is 6.80. The van der Waals surface area contributed by atoms with E-state index in [0.717, 1.165) is 17.7 Å². The number of rotatable bonds is 6. The quantitative estimate of drug-likeness (QED) is 0.859. The summed E-state index contributed by atoms with van der Waals surface area (Å²) in [5, 5.41) is 7.15. The van der Waals surface area contributed by atoms with Crippen LogP contribution < -0.4 is 11.1 Å². The van der Waals surface area contributed by atoms with Crippen LogP contribution in [0.5, 0.6) is 0 Å². The first-order valence-corrected chi connectivity index (χ1v) is 6.80. The second-order valence-corrected chi connectivity index (χ2v) is 4.72. The lowest BCUT2D eigenvalue weighted by Crippen LogP contribution is -2.26. The number of aromatic nitrogens is 2. The van der Waals surface area contributed by atoms with Crippen molar-refractivity contribution >= 4 is 18.3 Å². The molecule has 0 saturated heterocycles. The minimum Gasteiger partial charge on any atom is -0.350 e. The van der Waals surface area contributed by atoms with Crippen molar-refractivity contribution in [1.29, 1.82) is 0 Å². The molecule has 5 nitrogen and oxygen atoms in total. The number of halogens is 1. The Morgan fingerprint density at radius 3 is 2.67 bits per heavy atom. The number of carbonyl (C=O) groups excluding carboxylic acids is 1. The van der Waals surface area contributed by atoms with E-state index >= 15 is 0 Å². The summed E-state index contributed by atoms with van der Waals surface area (Å²) in [5.41, 5.74) is 7.47. The first kappa shape index (κ1) is 17.2. The van der Waals surface area contributed by atoms with Crippen molar-refractivity contribution in [2.75, 3.05) is 6.54 Å². The molecule has 0 aliphatic rings. The zero-order valence-electron chi connectivity index (χ0n) is 12.0. The summed E-state index contributed by atoms with van der Waals surface area (Å²) in [6, 6.07) is 9.87. The molecule has 1 aromatic heterocycles. The second kappa shape index (κ2) is 8.44. The molecule has 1 atom stereocenters. The second-order valence-electron chi connectivity index (χ2n) is 4.72. The number of nitrogens with zero attached hydrogens (tertiary/aromatic N) is 2. The number of carbonyl (C=O) groups is 1. The van der Waals surface area contributed by atoms with E-state index < -0.39 is 0 Å². The Bertz CT molecular complexity index is 539. The number of nitrogens with two attached hydrogens (primary N) is 1. The van der Waals surface area contributed by atoms with Gasteiger partial charge >= 0.3 is 0 Å². The van der Waals surface area contributed by atoms with Crippen molar-refractivity contribution in [1.82, 2.24) is 15.1 Å². The van der Waals surface area contributed by atoms with Crippen LogP contribution in [0.4, 0.5) is 0 Å². The maximum Gasteiger partial charge on any atom is 0.220 e. The van der Waals surface area contributed by atoms with Gasteiger partial charge in [0.15, 0.2) is 0 Å². The molecule has 3 N–H and O–H groups in total. The molecule has 1 heterocycles. The van der Waals surface area contributed by atoms with Gasteiger partial charge in [0.1, 0.15) is 0 Å². The van der Waals surface area contributed by atoms with Gasteiger partial charge in [0, 0.05) is 18.8 Å². The predicted octanol–water partition coefficient (Wildman–Crippen LogP) is 2.21. The Balaban J connectivity index is 0.00000220. The Labute approximate surface area is 130 Å². The summed E-state index contributed by atoms with van der Waals surface area (Å²) < 4.78 is 1.80. The zero-order chi connectivity index (χ0) is 14.4. The summed E-state index contributed by atoms with van der Waals surface area (Å²) in [6.07, 6.45) is 4.84. The van der Waals surface area contributed by atoms with E-state index in [9.17, 15) is 4.79 Å². The Morgan fingerprint density at radius 2 is 2.10 bits per heavy atom. The van der Waals surface area contributed by atoms with Gasteiger partial charge in [-0.15, -0.1) is 12.4 Å². The third-order valence-corrected chi connectivity index (χ3v) is 3.15. The summed E-state index contributed by atoms with van der Waals surface area (Å²) in [7, 11) is 0. The number of hydrogen-bond donors (Lipinski definition) is 2. The average molecular weight is 309 g/mol. The van der Waals surface area contributed by atoms with Crippen molar-refractivity contribution in [2.45, 2.75) is 25.8 Å². The van der Waals surface area contributed by atoms with E-state index in [-0.39, 0.29) is 24.4 Å². The summed E-state index contributed by atoms with van der Waals surface area (Å²) in [5.74, 6) is 0.0408. The molecule has 6 heteroatoms. The number of benzene rings is 1. The molecule has 0 aliphatic carbocycles. The van der Waals surface area contributed by atoms with E-state index in [0.29, 0.717) is 13.0 Å². The average Bonchev–Trinajstić information content (AvgIpc) is 2.99. The van der Waals surface area contributed by atoms with E-state index in [1.807, 2.05) is 43.5 Å². The van der Waals surface area contributed by atoms with E-state index in [2.05, 4.69) is 10.4 Å². The normalized spacial score (nSPS) is 11.5. The molecule has 0 aliphatic heterocycles. The monoisotopic (exact) mass is 308 g/mol. The zero-order valence-corrected chi connectivity index (χ0v) is 12.8. The molecular formula is C15H21ClN4O. The summed E-state index contributed by atoms with van der Waals surface area (Å²) in [4.78, 5) is 11.7. The molecule has 1 unspecified atom stereocenters. The molecule has 1 amide bonds. The highest BCUT2D eigenvalue weighted by Crippen LogP contribution is 2.15. The third-order valence-electron chi connectivity index (χ3n) is 3.15. The first-order chi connectivity index (χ1) is 9.70. The predicted molar refractivity (Wildman–Crippen MR) is 85.7 cm³/mol. The fraction of sp³-hybridized carbons (Fsp3) is 0.333. The van der Waals surface area contributed by atoms with Crippen LogP contribution in [0.3, 0.4) is 0 Å². The van der Waals surface area contributed by atoms with Crippen LogP contribution in [0.25, 0.3) is 5.69 Å². The molecule has 0 bridgehead atoms. The van der Waals surface area contributed by atoms with Gasteiger partial charge in [-0.1, -0.05) is 12.1 Å². The highest BCUT2D eigenvalue weighted by molar-refractivity contribution is 5.85. The van der Waals surface area contributed by atoms with E-state index in [1.54, 1.807) is 10.9 Å². The van der Waals surface area contributed by atoms with Crippen LogP contribution in [-0.2, 0) is 4.79 Å². The van der Waals surface area contributed by atoms with E-state index in [4.69, 9.17) is 5.73 Å². The van der Waals surface area contributed by atoms with Crippen molar-refractivity contribution < 1.29 is 4.79 Å². The number of nitrogens with one attached hydrogen (secondary N) is 1. The molecule has 0 spiro atoms. The van der Waals surface area contributed by atoms with Crippen LogP contribution in [-0.4, -0.2) is 22.2 Å². The van der Waals surface area contributed by atoms with Gasteiger partial charge in [-0.25, -0.2) is 4.68 Å². The third kappa shape index (κ3) is 4.88. The Morgan fingerprint density at radius 1 is 1.38 bits per heavy atom. The van der Waals surface area contributed by atoms with Gasteiger partial charge in [-0.05, 0) is 43.7 Å². The standard InChI is InChI=1S/C15H20N4O.ClH/c1-12(18-15(20)4-2-9-16)13-5-7-14(8-6-13)19-11-3-10-17-19;/h3,5-8,10-12H,2,4,9,16H2,1H3,(H,18,20);1H. The lowest BCUT2D eigenvalue weighted by atomic mass is 10.1. The molecule has 2 aromatic rings. The van der Waals surface area contributed by atoms with Crippen LogP contribution in [0.2, 0.25) is 0 Å². The number of hydrogen-bond acceptors (Lipinski definition) is 3. The molecule has 0 saturated carbocycles. The van der Waals surface area contributed by atoms with Crippen LogP contribution in [0, 0.1) is 0 Å². The van der Waals surface area contributed by atoms with Gasteiger partial charge in [-0.2, -0.15) is 5.10 Å². The van der Waals surface area contributed by atoms with Gasteiger partial charge in [0.25, 0.3) is 0 Å². The Hall–Kier alpha value is -1.85. The molecule has 2 rings (SSSR count). The molecule has 114 valence electrons. The molecule has 1 aromatic carbocycles. The Kier molecular flexibility index (Phi) is 6.91. The van der Waals surface area contributed by atoms with E-state index in [1.165, 1.54) is 0 Å². The molecule has 21 heavy (non-hydrogen) atoms. The van der Waals surface area contributed by atoms with Gasteiger partial charge < -0.3 is 11.1 Å². The highest BCUT2D eigenvalue weighted by Gasteiger charge is 2.09. The van der Waals surface area contributed by atoms with Gasteiger partial charge in [-0.3, -0.25) is 4.79 Å². The minimum absolute atomic E-state index is 0. The maximum absolute atomic E-state index is 11.7. The largest absolute Gasteiger partial charge is 0.350 e. The van der Waals surface area contributed by atoms with Gasteiger partial charge in [0.2, 0.25) is 5.91 Å². The van der Waals surface area contributed by atoms with Crippen molar-refractivity contribution in [3.8, 4) is 5.69 Å². The van der Waals surface area contributed by atoms with Crippen molar-refractivity contribution in [3.63, 3.8) is 0 Å². The minimum atomic E-state index is -0.00746. The molecule has 0 fully saturated rings. The lowest BCUT2D eigenvalue weighted by molar-refractivity contribution is -0.121. The highest BCUT2D eigenvalue weighted by atomic mass is 35.5. The molecule has 0 radical (unpaired) electrons. The fourth-order valence-corrected chi connectivity index (χ4v) is 2.00. The smallest absolute Gasteiger partial charge is 0.220 e. The lowest BCUT2D eigenvalue weighted by Gasteiger charge is -2.14. The summed E-state index contributed by atoms with van der Waals surface area (Å²) >= 11 is 0. The summed E-state index contributed by atoms with van der Waals surface area (Å²) in [6.45, 7) is 2.52. The van der Waals surface area contributed by atoms with Crippen LogP contribution >= 0.6 is 12.4 Å². The molecular weight excluding hydrogens is 288 g/mol. The maximum atomic E-state index is 11.7. The number of amides is 1. The van der Waals surface area contributed by atoms with Crippen LogP contribution in [0.15, 0.2) is 42.7 Å². The van der Waals surface area contributed by atoms with Crippen LogP contribution in [0.1, 0.15) is 31.4 Å². The van der Waals surface area contributed by atoms with Crippen molar-refractivity contribution in [2.24, 2.45) is 5.73 Å². The fourth-order valence-electron chi connectivity index (χ4n) is 2.00. The van der Waals surface area contributed by atoms with Gasteiger partial charge in [0.05, 0.1) is 11.7 Å². The SMILES string of the molecule is CC(NC(=O)CCCN)c1ccc(-n2cccn2)cc1.Cl.